The molecular formula is C17H16ClN3O2S. The fourth-order valence-electron chi connectivity index (χ4n) is 2.26. The Bertz CT molecular complexity index is 813. The number of benzene rings is 1. The number of Topliss-reactive ketones (excluding diaryl/α,β-unsaturated/α-hetero) is 1. The molecule has 0 aliphatic rings. The highest BCUT2D eigenvalue weighted by Gasteiger charge is 2.17. The molecule has 0 spiro atoms. The monoisotopic (exact) mass is 361 g/mol. The summed E-state index contributed by atoms with van der Waals surface area (Å²) in [6.07, 6.45) is 2.54. The van der Waals surface area contributed by atoms with E-state index in [0.29, 0.717) is 33.1 Å². The van der Waals surface area contributed by atoms with Gasteiger partial charge in [-0.25, -0.2) is 0 Å². The number of aromatic nitrogens is 3. The third-order valence-corrected chi connectivity index (χ3v) is 4.62. The Labute approximate surface area is 149 Å². The molecule has 0 fully saturated rings. The van der Waals surface area contributed by atoms with Gasteiger partial charge in [-0.05, 0) is 42.8 Å². The summed E-state index contributed by atoms with van der Waals surface area (Å²) in [6, 6.07) is 10.6. The van der Waals surface area contributed by atoms with E-state index < -0.39 is 0 Å². The molecule has 1 aromatic carbocycles. The minimum absolute atomic E-state index is 0.0299. The maximum atomic E-state index is 12.3. The lowest BCUT2D eigenvalue weighted by molar-refractivity contribution is 0.102. The summed E-state index contributed by atoms with van der Waals surface area (Å²) in [5, 5.41) is 9.75. The third-order valence-electron chi connectivity index (χ3n) is 3.40. The van der Waals surface area contributed by atoms with Gasteiger partial charge in [-0.3, -0.25) is 9.36 Å². The number of ketones is 1. The Morgan fingerprint density at radius 2 is 2.04 bits per heavy atom. The van der Waals surface area contributed by atoms with E-state index in [1.807, 2.05) is 16.7 Å². The number of thioether (sulfide) groups is 1. The van der Waals surface area contributed by atoms with Gasteiger partial charge in [0.1, 0.15) is 0 Å². The van der Waals surface area contributed by atoms with Crippen molar-refractivity contribution < 1.29 is 9.21 Å². The van der Waals surface area contributed by atoms with Crippen LogP contribution in [0.25, 0.3) is 11.6 Å². The topological polar surface area (TPSA) is 60.9 Å². The first-order chi connectivity index (χ1) is 11.7. The molecule has 0 aliphatic heterocycles. The van der Waals surface area contributed by atoms with E-state index in [0.717, 1.165) is 13.0 Å². The predicted octanol–water partition coefficient (Wildman–Crippen LogP) is 4.58. The first kappa shape index (κ1) is 16.8. The van der Waals surface area contributed by atoms with Crippen LogP contribution < -0.4 is 0 Å². The lowest BCUT2D eigenvalue weighted by Gasteiger charge is -2.07. The van der Waals surface area contributed by atoms with Gasteiger partial charge in [0.15, 0.2) is 22.5 Å². The molecule has 24 heavy (non-hydrogen) atoms. The van der Waals surface area contributed by atoms with E-state index in [2.05, 4.69) is 17.1 Å². The number of furan rings is 1. The highest BCUT2D eigenvalue weighted by atomic mass is 35.5. The van der Waals surface area contributed by atoms with Crippen molar-refractivity contribution >= 4 is 29.1 Å². The fraction of sp³-hybridized carbons (Fsp3) is 0.235. The zero-order valence-corrected chi connectivity index (χ0v) is 14.7. The van der Waals surface area contributed by atoms with Crippen molar-refractivity contribution in [3.63, 3.8) is 0 Å². The highest BCUT2D eigenvalue weighted by Crippen LogP contribution is 2.25. The standard InChI is InChI=1S/C17H16ClN3O2S/c1-2-9-21-16(15-4-3-10-23-15)19-20-17(21)24-11-14(22)12-5-7-13(18)8-6-12/h3-8,10H,2,9,11H2,1H3. The average molecular weight is 362 g/mol. The van der Waals surface area contributed by atoms with E-state index in [1.165, 1.54) is 11.8 Å². The molecular weight excluding hydrogens is 346 g/mol. The van der Waals surface area contributed by atoms with Gasteiger partial charge in [0.25, 0.3) is 0 Å². The van der Waals surface area contributed by atoms with Gasteiger partial charge >= 0.3 is 0 Å². The second-order valence-corrected chi connectivity index (χ2v) is 6.53. The normalized spacial score (nSPS) is 10.9. The maximum absolute atomic E-state index is 12.3. The summed E-state index contributed by atoms with van der Waals surface area (Å²) in [5.74, 6) is 1.68. The first-order valence-corrected chi connectivity index (χ1v) is 8.94. The number of nitrogens with zero attached hydrogens (tertiary/aromatic N) is 3. The van der Waals surface area contributed by atoms with E-state index in [9.17, 15) is 4.79 Å². The molecule has 3 aromatic rings. The Kier molecular flexibility index (Phi) is 5.37. The van der Waals surface area contributed by atoms with Crippen molar-refractivity contribution in [3.8, 4) is 11.6 Å². The van der Waals surface area contributed by atoms with Crippen LogP contribution in [0.1, 0.15) is 23.7 Å². The smallest absolute Gasteiger partial charge is 0.200 e. The Balaban J connectivity index is 1.75. The largest absolute Gasteiger partial charge is 0.461 e. The van der Waals surface area contributed by atoms with E-state index >= 15 is 0 Å². The van der Waals surface area contributed by atoms with Gasteiger partial charge in [-0.1, -0.05) is 30.3 Å². The van der Waals surface area contributed by atoms with E-state index in [1.54, 1.807) is 30.5 Å². The summed E-state index contributed by atoms with van der Waals surface area (Å²) in [5.41, 5.74) is 0.639. The quantitative estimate of drug-likeness (QED) is 0.455. The first-order valence-electron chi connectivity index (χ1n) is 7.57. The van der Waals surface area contributed by atoms with Crippen molar-refractivity contribution in [1.82, 2.24) is 14.8 Å². The molecule has 2 heterocycles. The van der Waals surface area contributed by atoms with Crippen molar-refractivity contribution in [3.05, 3.63) is 53.2 Å². The van der Waals surface area contributed by atoms with Crippen molar-refractivity contribution in [2.24, 2.45) is 0 Å². The summed E-state index contributed by atoms with van der Waals surface area (Å²) in [7, 11) is 0. The van der Waals surface area contributed by atoms with Crippen LogP contribution in [0.5, 0.6) is 0 Å². The van der Waals surface area contributed by atoms with Crippen LogP contribution in [0, 0.1) is 0 Å². The molecule has 124 valence electrons. The zero-order valence-electron chi connectivity index (χ0n) is 13.1. The van der Waals surface area contributed by atoms with Gasteiger partial charge in [0, 0.05) is 17.1 Å². The molecule has 0 bridgehead atoms. The number of hydrogen-bond acceptors (Lipinski definition) is 5. The molecule has 5 nitrogen and oxygen atoms in total. The average Bonchev–Trinajstić information content (AvgIpc) is 3.23. The van der Waals surface area contributed by atoms with Gasteiger partial charge in [-0.15, -0.1) is 10.2 Å². The molecule has 0 saturated heterocycles. The number of hydrogen-bond donors (Lipinski definition) is 0. The van der Waals surface area contributed by atoms with Crippen LogP contribution in [0.15, 0.2) is 52.2 Å². The lowest BCUT2D eigenvalue weighted by Crippen LogP contribution is -2.05. The minimum Gasteiger partial charge on any atom is -0.461 e. The van der Waals surface area contributed by atoms with Crippen LogP contribution in [0.3, 0.4) is 0 Å². The maximum Gasteiger partial charge on any atom is 0.200 e. The molecule has 3 rings (SSSR count). The van der Waals surface area contributed by atoms with Crippen molar-refractivity contribution in [2.45, 2.75) is 25.0 Å². The minimum atomic E-state index is 0.0299. The molecule has 0 saturated carbocycles. The Morgan fingerprint density at radius 3 is 2.71 bits per heavy atom. The van der Waals surface area contributed by atoms with Gasteiger partial charge in [-0.2, -0.15) is 0 Å². The van der Waals surface area contributed by atoms with Gasteiger partial charge in [0.2, 0.25) is 0 Å². The summed E-state index contributed by atoms with van der Waals surface area (Å²) in [4.78, 5) is 12.3. The second-order valence-electron chi connectivity index (χ2n) is 5.15. The Hall–Kier alpha value is -2.05. The van der Waals surface area contributed by atoms with Crippen LogP contribution in [-0.4, -0.2) is 26.3 Å². The SMILES string of the molecule is CCCn1c(SCC(=O)c2ccc(Cl)cc2)nnc1-c1ccco1. The highest BCUT2D eigenvalue weighted by molar-refractivity contribution is 7.99. The van der Waals surface area contributed by atoms with Crippen molar-refractivity contribution in [2.75, 3.05) is 5.75 Å². The van der Waals surface area contributed by atoms with Crippen LogP contribution >= 0.6 is 23.4 Å². The number of halogens is 1. The molecule has 0 unspecified atom stereocenters. The van der Waals surface area contributed by atoms with Crippen molar-refractivity contribution in [1.29, 1.82) is 0 Å². The van der Waals surface area contributed by atoms with E-state index in [4.69, 9.17) is 16.0 Å². The zero-order chi connectivity index (χ0) is 16.9. The number of rotatable bonds is 7. The Morgan fingerprint density at radius 1 is 1.25 bits per heavy atom. The summed E-state index contributed by atoms with van der Waals surface area (Å²) < 4.78 is 7.40. The number of carbonyl (C=O) groups excluding carboxylic acids is 1. The molecule has 0 atom stereocenters. The van der Waals surface area contributed by atoms with Gasteiger partial charge < -0.3 is 4.42 Å². The summed E-state index contributed by atoms with van der Waals surface area (Å²) in [6.45, 7) is 2.85. The third kappa shape index (κ3) is 3.71. The molecule has 0 radical (unpaired) electrons. The second kappa shape index (κ2) is 7.68. The van der Waals surface area contributed by atoms with E-state index in [-0.39, 0.29) is 5.78 Å². The fourth-order valence-corrected chi connectivity index (χ4v) is 3.24. The van der Waals surface area contributed by atoms with Crippen LogP contribution in [-0.2, 0) is 6.54 Å². The van der Waals surface area contributed by atoms with Gasteiger partial charge in [0.05, 0.1) is 12.0 Å². The molecule has 0 amide bonds. The lowest BCUT2D eigenvalue weighted by atomic mass is 10.1. The predicted molar refractivity (Wildman–Crippen MR) is 94.5 cm³/mol. The molecule has 0 aliphatic carbocycles. The van der Waals surface area contributed by atoms with Crippen LogP contribution in [0.2, 0.25) is 5.02 Å². The van der Waals surface area contributed by atoms with Crippen LogP contribution in [0.4, 0.5) is 0 Å². The molecule has 7 heteroatoms. The number of carbonyl (C=O) groups is 1. The molecule has 0 N–H and O–H groups in total. The summed E-state index contributed by atoms with van der Waals surface area (Å²) >= 11 is 7.23. The molecule has 2 aromatic heterocycles.